The lowest BCUT2D eigenvalue weighted by molar-refractivity contribution is 0.100. The van der Waals surface area contributed by atoms with Crippen LogP contribution in [0, 0.1) is 6.92 Å². The van der Waals surface area contributed by atoms with E-state index in [-0.39, 0.29) is 5.56 Å². The molecule has 1 aromatic carbocycles. The van der Waals surface area contributed by atoms with Gasteiger partial charge in [0.25, 0.3) is 11.5 Å². The van der Waals surface area contributed by atoms with Gasteiger partial charge in [0.1, 0.15) is 10.7 Å². The van der Waals surface area contributed by atoms with Crippen molar-refractivity contribution >= 4 is 27.5 Å². The number of fused-ring (bicyclic) bond motifs is 1. The van der Waals surface area contributed by atoms with Crippen molar-refractivity contribution in [1.82, 2.24) is 9.97 Å². The molecule has 3 rings (SSSR count). The molecule has 0 saturated heterocycles. The molecule has 0 radical (unpaired) electrons. The number of rotatable bonds is 2. The van der Waals surface area contributed by atoms with E-state index in [1.165, 1.54) is 0 Å². The molecule has 20 heavy (non-hydrogen) atoms. The van der Waals surface area contributed by atoms with Crippen molar-refractivity contribution in [3.05, 3.63) is 51.1 Å². The second-order valence-electron chi connectivity index (χ2n) is 4.38. The summed E-state index contributed by atoms with van der Waals surface area (Å²) in [4.78, 5) is 31.6. The molecule has 3 aromatic rings. The van der Waals surface area contributed by atoms with E-state index in [2.05, 4.69) is 9.97 Å². The van der Waals surface area contributed by atoms with Gasteiger partial charge in [0.2, 0.25) is 0 Å². The summed E-state index contributed by atoms with van der Waals surface area (Å²) in [5, 5.41) is 0.434. The number of aryl methyl sites for hydroxylation is 1. The highest BCUT2D eigenvalue weighted by atomic mass is 32.1. The van der Waals surface area contributed by atoms with Crippen LogP contribution in [0.4, 0.5) is 0 Å². The van der Waals surface area contributed by atoms with E-state index < -0.39 is 5.91 Å². The maximum absolute atomic E-state index is 12.2. The number of hydrogen-bond acceptors (Lipinski definition) is 4. The SMILES string of the molecule is Cc1c(C(N)=O)sc2nc(-c3ccccc3)[nH]c(=O)c12. The van der Waals surface area contributed by atoms with Crippen LogP contribution in [0.2, 0.25) is 0 Å². The van der Waals surface area contributed by atoms with Crippen LogP contribution in [-0.2, 0) is 0 Å². The largest absolute Gasteiger partial charge is 0.365 e. The maximum Gasteiger partial charge on any atom is 0.260 e. The van der Waals surface area contributed by atoms with Gasteiger partial charge >= 0.3 is 0 Å². The predicted molar refractivity (Wildman–Crippen MR) is 78.9 cm³/mol. The van der Waals surface area contributed by atoms with Crippen LogP contribution in [0.15, 0.2) is 35.1 Å². The van der Waals surface area contributed by atoms with Crippen LogP contribution in [0.1, 0.15) is 15.2 Å². The number of nitrogens with two attached hydrogens (primary N) is 1. The number of primary amides is 1. The lowest BCUT2D eigenvalue weighted by atomic mass is 10.2. The molecule has 0 fully saturated rings. The van der Waals surface area contributed by atoms with Crippen molar-refractivity contribution < 1.29 is 4.79 Å². The molecule has 0 atom stereocenters. The summed E-state index contributed by atoms with van der Waals surface area (Å²) in [7, 11) is 0. The van der Waals surface area contributed by atoms with Crippen LogP contribution < -0.4 is 11.3 Å². The number of thiophene rings is 1. The maximum atomic E-state index is 12.2. The second-order valence-corrected chi connectivity index (χ2v) is 5.38. The summed E-state index contributed by atoms with van der Waals surface area (Å²) in [5.41, 5.74) is 6.46. The van der Waals surface area contributed by atoms with Crippen molar-refractivity contribution in [3.63, 3.8) is 0 Å². The summed E-state index contributed by atoms with van der Waals surface area (Å²) >= 11 is 1.15. The first-order chi connectivity index (χ1) is 9.58. The van der Waals surface area contributed by atoms with E-state index >= 15 is 0 Å². The van der Waals surface area contributed by atoms with Crippen molar-refractivity contribution in [3.8, 4) is 11.4 Å². The van der Waals surface area contributed by atoms with Crippen LogP contribution >= 0.6 is 11.3 Å². The van der Waals surface area contributed by atoms with E-state index in [4.69, 9.17) is 5.73 Å². The van der Waals surface area contributed by atoms with Gasteiger partial charge in [-0.15, -0.1) is 11.3 Å². The number of aromatic amines is 1. The van der Waals surface area contributed by atoms with Gasteiger partial charge in [-0.05, 0) is 12.5 Å². The Morgan fingerprint density at radius 1 is 1.30 bits per heavy atom. The molecular formula is C14H11N3O2S. The van der Waals surface area contributed by atoms with Crippen molar-refractivity contribution in [2.75, 3.05) is 0 Å². The summed E-state index contributed by atoms with van der Waals surface area (Å²) in [5.74, 6) is -0.0495. The standard InChI is InChI=1S/C14H11N3O2S/c1-7-9-13(19)16-12(8-5-3-2-4-6-8)17-14(9)20-10(7)11(15)18/h2-6H,1H3,(H2,15,18)(H,16,17,19). The van der Waals surface area contributed by atoms with E-state index in [0.29, 0.717) is 26.5 Å². The quantitative estimate of drug-likeness (QED) is 0.755. The monoisotopic (exact) mass is 285 g/mol. The Bertz CT molecular complexity index is 865. The van der Waals surface area contributed by atoms with Gasteiger partial charge in [0.05, 0.1) is 10.3 Å². The number of aromatic nitrogens is 2. The second kappa shape index (κ2) is 4.57. The fourth-order valence-corrected chi connectivity index (χ4v) is 3.15. The number of hydrogen-bond donors (Lipinski definition) is 2. The molecule has 2 heterocycles. The van der Waals surface area contributed by atoms with E-state index in [9.17, 15) is 9.59 Å². The Balaban J connectivity index is 2.31. The number of amides is 1. The van der Waals surface area contributed by atoms with E-state index in [0.717, 1.165) is 16.9 Å². The minimum atomic E-state index is -0.536. The van der Waals surface area contributed by atoms with E-state index in [1.807, 2.05) is 30.3 Å². The molecule has 1 amide bonds. The topological polar surface area (TPSA) is 88.8 Å². The van der Waals surface area contributed by atoms with Crippen molar-refractivity contribution in [1.29, 1.82) is 0 Å². The molecule has 0 aliphatic carbocycles. The average Bonchev–Trinajstić information content (AvgIpc) is 2.77. The van der Waals surface area contributed by atoms with Gasteiger partial charge in [-0.25, -0.2) is 4.98 Å². The molecule has 5 nitrogen and oxygen atoms in total. The zero-order chi connectivity index (χ0) is 14.3. The molecule has 0 aliphatic heterocycles. The number of carbonyl (C=O) groups is 1. The summed E-state index contributed by atoms with van der Waals surface area (Å²) in [6.45, 7) is 1.71. The normalized spacial score (nSPS) is 10.8. The Labute approximate surface area is 118 Å². The first kappa shape index (κ1) is 12.6. The van der Waals surface area contributed by atoms with Gasteiger partial charge in [0, 0.05) is 5.56 Å². The van der Waals surface area contributed by atoms with Crippen LogP contribution in [-0.4, -0.2) is 15.9 Å². The molecule has 100 valence electrons. The fourth-order valence-electron chi connectivity index (χ4n) is 2.11. The number of H-pyrrole nitrogens is 1. The Kier molecular flexibility index (Phi) is 2.87. The minimum absolute atomic E-state index is 0.255. The average molecular weight is 285 g/mol. The third-order valence-corrected chi connectivity index (χ3v) is 4.27. The van der Waals surface area contributed by atoms with Crippen LogP contribution in [0.25, 0.3) is 21.6 Å². The summed E-state index contributed by atoms with van der Waals surface area (Å²) < 4.78 is 0. The molecule has 2 aromatic heterocycles. The van der Waals surface area contributed by atoms with Gasteiger partial charge < -0.3 is 10.7 Å². The molecule has 0 aliphatic rings. The first-order valence-corrected chi connectivity index (χ1v) is 6.78. The molecule has 0 bridgehead atoms. The number of benzene rings is 1. The highest BCUT2D eigenvalue weighted by molar-refractivity contribution is 7.20. The third-order valence-electron chi connectivity index (χ3n) is 3.07. The van der Waals surface area contributed by atoms with Crippen molar-refractivity contribution in [2.24, 2.45) is 5.73 Å². The first-order valence-electron chi connectivity index (χ1n) is 5.96. The number of nitrogens with one attached hydrogen (secondary N) is 1. The molecule has 6 heteroatoms. The van der Waals surface area contributed by atoms with Gasteiger partial charge in [-0.1, -0.05) is 30.3 Å². The number of nitrogens with zero attached hydrogens (tertiary/aromatic N) is 1. The minimum Gasteiger partial charge on any atom is -0.365 e. The molecular weight excluding hydrogens is 274 g/mol. The highest BCUT2D eigenvalue weighted by Gasteiger charge is 2.17. The Morgan fingerprint density at radius 2 is 2.00 bits per heavy atom. The zero-order valence-corrected chi connectivity index (χ0v) is 11.5. The third kappa shape index (κ3) is 1.90. The molecule has 0 saturated carbocycles. The lowest BCUT2D eigenvalue weighted by Gasteiger charge is -2.00. The zero-order valence-electron chi connectivity index (χ0n) is 10.6. The molecule has 0 spiro atoms. The predicted octanol–water partition coefficient (Wildman–Crippen LogP) is 2.06. The van der Waals surface area contributed by atoms with Gasteiger partial charge in [-0.3, -0.25) is 9.59 Å². The van der Waals surface area contributed by atoms with E-state index in [1.54, 1.807) is 6.92 Å². The van der Waals surface area contributed by atoms with Crippen molar-refractivity contribution in [2.45, 2.75) is 6.92 Å². The van der Waals surface area contributed by atoms with Gasteiger partial charge in [-0.2, -0.15) is 0 Å². The number of carbonyl (C=O) groups excluding carboxylic acids is 1. The lowest BCUT2D eigenvalue weighted by Crippen LogP contribution is -2.12. The summed E-state index contributed by atoms with van der Waals surface area (Å²) in [6.07, 6.45) is 0. The van der Waals surface area contributed by atoms with Gasteiger partial charge in [0.15, 0.2) is 0 Å². The molecule has 0 unspecified atom stereocenters. The Morgan fingerprint density at radius 3 is 2.65 bits per heavy atom. The molecule has 3 N–H and O–H groups in total. The fraction of sp³-hybridized carbons (Fsp3) is 0.0714. The van der Waals surface area contributed by atoms with Crippen LogP contribution in [0.5, 0.6) is 0 Å². The highest BCUT2D eigenvalue weighted by Crippen LogP contribution is 2.27. The summed E-state index contributed by atoms with van der Waals surface area (Å²) in [6, 6.07) is 9.35. The smallest absolute Gasteiger partial charge is 0.260 e. The van der Waals surface area contributed by atoms with Crippen LogP contribution in [0.3, 0.4) is 0 Å². The Hall–Kier alpha value is -2.47.